The van der Waals surface area contributed by atoms with Crippen LogP contribution in [0, 0.1) is 5.82 Å². The number of halogens is 1. The van der Waals surface area contributed by atoms with Crippen LogP contribution in [0.25, 0.3) is 0 Å². The molecule has 0 aromatic heterocycles. The van der Waals surface area contributed by atoms with Crippen molar-refractivity contribution >= 4 is 0 Å². The highest BCUT2D eigenvalue weighted by molar-refractivity contribution is 5.42. The lowest BCUT2D eigenvalue weighted by Gasteiger charge is -2.12. The van der Waals surface area contributed by atoms with E-state index in [4.69, 9.17) is 0 Å². The first-order valence-corrected chi connectivity index (χ1v) is 5.55. The van der Waals surface area contributed by atoms with Crippen molar-refractivity contribution in [3.8, 4) is 5.75 Å². The summed E-state index contributed by atoms with van der Waals surface area (Å²) >= 11 is 0. The van der Waals surface area contributed by atoms with E-state index >= 15 is 0 Å². The molecule has 1 unspecified atom stereocenters. The fourth-order valence-electron chi connectivity index (χ4n) is 2.33. The minimum atomic E-state index is -0.206. The highest BCUT2D eigenvalue weighted by Crippen LogP contribution is 2.32. The van der Waals surface area contributed by atoms with Crippen molar-refractivity contribution in [2.75, 3.05) is 0 Å². The summed E-state index contributed by atoms with van der Waals surface area (Å²) in [6.45, 7) is 0.660. The quantitative estimate of drug-likeness (QED) is 0.788. The van der Waals surface area contributed by atoms with Gasteiger partial charge < -0.3 is 10.4 Å². The predicted octanol–water partition coefficient (Wildman–Crippen LogP) is 2.72. The van der Waals surface area contributed by atoms with Crippen molar-refractivity contribution < 1.29 is 9.50 Å². The molecule has 1 atom stereocenters. The number of phenolic OH excluding ortho intramolecular Hbond substituents is 1. The summed E-state index contributed by atoms with van der Waals surface area (Å²) in [7, 11) is 0. The summed E-state index contributed by atoms with van der Waals surface area (Å²) in [5.74, 6) is 0.0435. The van der Waals surface area contributed by atoms with Crippen molar-refractivity contribution in [3.05, 3.63) is 65.0 Å². The van der Waals surface area contributed by atoms with Gasteiger partial charge in [0.15, 0.2) is 0 Å². The molecular weight excluding hydrogens is 217 g/mol. The van der Waals surface area contributed by atoms with Gasteiger partial charge in [-0.05, 0) is 41.0 Å². The first-order chi connectivity index (χ1) is 8.24. The number of rotatable bonds is 1. The third-order valence-electron chi connectivity index (χ3n) is 3.12. The average molecular weight is 229 g/mol. The molecule has 2 aromatic carbocycles. The maximum absolute atomic E-state index is 13.1. The summed E-state index contributed by atoms with van der Waals surface area (Å²) in [4.78, 5) is 0. The summed E-state index contributed by atoms with van der Waals surface area (Å²) in [5, 5.41) is 12.8. The van der Waals surface area contributed by atoms with Gasteiger partial charge in [-0.2, -0.15) is 0 Å². The highest BCUT2D eigenvalue weighted by atomic mass is 19.1. The molecule has 1 heterocycles. The number of benzene rings is 2. The number of fused-ring (bicyclic) bond motifs is 1. The van der Waals surface area contributed by atoms with Crippen LogP contribution in [-0.4, -0.2) is 5.11 Å². The zero-order chi connectivity index (χ0) is 11.8. The summed E-state index contributed by atoms with van der Waals surface area (Å²) in [5.41, 5.74) is 3.06. The lowest BCUT2D eigenvalue weighted by molar-refractivity contribution is 0.473. The van der Waals surface area contributed by atoms with Gasteiger partial charge >= 0.3 is 0 Å². The van der Waals surface area contributed by atoms with Crippen LogP contribution in [0.3, 0.4) is 0 Å². The van der Waals surface area contributed by atoms with Gasteiger partial charge in [-0.3, -0.25) is 0 Å². The maximum atomic E-state index is 13.1. The Bertz CT molecular complexity index is 568. The minimum Gasteiger partial charge on any atom is -0.508 e. The Morgan fingerprint density at radius 1 is 1.18 bits per heavy atom. The molecule has 0 bridgehead atoms. The molecule has 3 heteroatoms. The Labute approximate surface area is 98.7 Å². The van der Waals surface area contributed by atoms with E-state index in [1.807, 2.05) is 12.1 Å². The van der Waals surface area contributed by atoms with E-state index in [2.05, 4.69) is 5.32 Å². The highest BCUT2D eigenvalue weighted by Gasteiger charge is 2.23. The Balaban J connectivity index is 2.04. The predicted molar refractivity (Wildman–Crippen MR) is 63.2 cm³/mol. The Morgan fingerprint density at radius 2 is 2.06 bits per heavy atom. The molecule has 0 saturated heterocycles. The van der Waals surface area contributed by atoms with Crippen molar-refractivity contribution in [2.24, 2.45) is 0 Å². The molecule has 3 rings (SSSR count). The average Bonchev–Trinajstić information content (AvgIpc) is 2.71. The van der Waals surface area contributed by atoms with Gasteiger partial charge in [-0.15, -0.1) is 0 Å². The van der Waals surface area contributed by atoms with Crippen molar-refractivity contribution in [1.82, 2.24) is 5.32 Å². The Kier molecular flexibility index (Phi) is 2.34. The van der Waals surface area contributed by atoms with Gasteiger partial charge in [-0.25, -0.2) is 4.39 Å². The van der Waals surface area contributed by atoms with Crippen molar-refractivity contribution in [2.45, 2.75) is 12.6 Å². The van der Waals surface area contributed by atoms with Crippen LogP contribution in [0.4, 0.5) is 4.39 Å². The van der Waals surface area contributed by atoms with Crippen LogP contribution in [-0.2, 0) is 6.54 Å². The molecule has 0 spiro atoms. The fraction of sp³-hybridized carbons (Fsp3) is 0.143. The van der Waals surface area contributed by atoms with Gasteiger partial charge in [-0.1, -0.05) is 18.2 Å². The van der Waals surface area contributed by atoms with Gasteiger partial charge in [0.05, 0.1) is 6.04 Å². The van der Waals surface area contributed by atoms with Crippen LogP contribution < -0.4 is 5.32 Å². The summed E-state index contributed by atoms with van der Waals surface area (Å²) in [6, 6.07) is 12.0. The first kappa shape index (κ1) is 10.3. The lowest BCUT2D eigenvalue weighted by Crippen LogP contribution is -2.12. The summed E-state index contributed by atoms with van der Waals surface area (Å²) in [6.07, 6.45) is 0. The third-order valence-corrected chi connectivity index (χ3v) is 3.12. The van der Waals surface area contributed by atoms with E-state index in [0.717, 1.165) is 16.7 Å². The second kappa shape index (κ2) is 3.86. The molecule has 0 amide bonds. The standard InChI is InChI=1S/C14H12FNO/c15-11-4-5-13-10(6-11)8-16-14(13)9-2-1-3-12(17)7-9/h1-7,14,16-17H,8H2. The zero-order valence-corrected chi connectivity index (χ0v) is 9.15. The largest absolute Gasteiger partial charge is 0.508 e. The molecule has 1 aliphatic rings. The number of hydrogen-bond donors (Lipinski definition) is 2. The molecule has 2 aromatic rings. The number of nitrogens with one attached hydrogen (secondary N) is 1. The zero-order valence-electron chi connectivity index (χ0n) is 9.15. The van der Waals surface area contributed by atoms with E-state index < -0.39 is 0 Å². The van der Waals surface area contributed by atoms with Gasteiger partial charge in [0.2, 0.25) is 0 Å². The number of aromatic hydroxyl groups is 1. The number of hydrogen-bond acceptors (Lipinski definition) is 2. The molecule has 86 valence electrons. The molecule has 0 fully saturated rings. The molecule has 2 nitrogen and oxygen atoms in total. The molecule has 17 heavy (non-hydrogen) atoms. The Morgan fingerprint density at radius 3 is 2.88 bits per heavy atom. The molecule has 0 saturated carbocycles. The minimum absolute atomic E-state index is 0.0395. The van der Waals surface area contributed by atoms with E-state index in [1.165, 1.54) is 6.07 Å². The first-order valence-electron chi connectivity index (χ1n) is 5.55. The van der Waals surface area contributed by atoms with E-state index in [1.54, 1.807) is 24.3 Å². The second-order valence-corrected chi connectivity index (χ2v) is 4.25. The van der Waals surface area contributed by atoms with Crippen LogP contribution in [0.1, 0.15) is 22.7 Å². The van der Waals surface area contributed by atoms with Crippen LogP contribution in [0.2, 0.25) is 0 Å². The normalized spacial score (nSPS) is 18.1. The van der Waals surface area contributed by atoms with Gasteiger partial charge in [0, 0.05) is 6.54 Å². The van der Waals surface area contributed by atoms with Crippen molar-refractivity contribution in [3.63, 3.8) is 0 Å². The SMILES string of the molecule is Oc1cccc(C2NCc3cc(F)ccc32)c1. The smallest absolute Gasteiger partial charge is 0.123 e. The molecule has 2 N–H and O–H groups in total. The molecular formula is C14H12FNO. The molecule has 0 aliphatic carbocycles. The van der Waals surface area contributed by atoms with Crippen LogP contribution in [0.5, 0.6) is 5.75 Å². The summed E-state index contributed by atoms with van der Waals surface area (Å²) < 4.78 is 13.1. The number of phenols is 1. The molecule has 0 radical (unpaired) electrons. The Hall–Kier alpha value is -1.87. The van der Waals surface area contributed by atoms with Gasteiger partial charge in [0.25, 0.3) is 0 Å². The lowest BCUT2D eigenvalue weighted by atomic mass is 9.98. The van der Waals surface area contributed by atoms with E-state index in [0.29, 0.717) is 6.54 Å². The monoisotopic (exact) mass is 229 g/mol. The second-order valence-electron chi connectivity index (χ2n) is 4.25. The van der Waals surface area contributed by atoms with E-state index in [9.17, 15) is 9.50 Å². The topological polar surface area (TPSA) is 32.3 Å². The van der Waals surface area contributed by atoms with Crippen LogP contribution >= 0.6 is 0 Å². The molecule has 1 aliphatic heterocycles. The van der Waals surface area contributed by atoms with Crippen LogP contribution in [0.15, 0.2) is 42.5 Å². The third kappa shape index (κ3) is 1.78. The van der Waals surface area contributed by atoms with E-state index in [-0.39, 0.29) is 17.6 Å². The maximum Gasteiger partial charge on any atom is 0.123 e. The fourth-order valence-corrected chi connectivity index (χ4v) is 2.33. The van der Waals surface area contributed by atoms with Crippen molar-refractivity contribution in [1.29, 1.82) is 0 Å². The van der Waals surface area contributed by atoms with Gasteiger partial charge in [0.1, 0.15) is 11.6 Å².